The lowest BCUT2D eigenvalue weighted by molar-refractivity contribution is -0.132. The van der Waals surface area contributed by atoms with Crippen LogP contribution in [0.4, 0.5) is 0 Å². The Kier molecular flexibility index (Phi) is 8.72. The predicted molar refractivity (Wildman–Crippen MR) is 118 cm³/mol. The molecule has 3 heterocycles. The molecule has 0 aromatic heterocycles. The molecule has 4 rings (SSSR count). The molecule has 3 aliphatic heterocycles. The van der Waals surface area contributed by atoms with Crippen LogP contribution in [0.15, 0.2) is 24.3 Å². The molecule has 1 aromatic rings. The minimum absolute atomic E-state index is 0.0181. The minimum Gasteiger partial charge on any atom is -0.491 e. The van der Waals surface area contributed by atoms with Crippen molar-refractivity contribution in [2.45, 2.75) is 38.5 Å². The first-order valence-electron chi connectivity index (χ1n) is 11.4. The van der Waals surface area contributed by atoms with Crippen molar-refractivity contribution in [3.63, 3.8) is 0 Å². The number of ether oxygens (including phenoxy) is 3. The zero-order valence-corrected chi connectivity index (χ0v) is 18.9. The molecule has 7 heteroatoms. The summed E-state index contributed by atoms with van der Waals surface area (Å²) in [7, 11) is 3.36. The number of hydrogen-bond acceptors (Lipinski definition) is 5. The standard InChI is InChI=1S/C24H36N2O5/c1-29-17-9-22(27)25-13-6-5-10-24(19-30-2)11-14-26(15-12-24)23(28)20-7-3-4-8-21(20)31-18-16-25/h3-4,7-8H,5-6,9-19H2,1-2H3. The van der Waals surface area contributed by atoms with Crippen molar-refractivity contribution in [1.29, 1.82) is 0 Å². The van der Waals surface area contributed by atoms with E-state index in [9.17, 15) is 9.59 Å². The van der Waals surface area contributed by atoms with Gasteiger partial charge < -0.3 is 24.0 Å². The number of hydrogen-bond donors (Lipinski definition) is 0. The molecule has 172 valence electrons. The van der Waals surface area contributed by atoms with E-state index in [4.69, 9.17) is 14.2 Å². The van der Waals surface area contributed by atoms with E-state index in [-0.39, 0.29) is 17.2 Å². The monoisotopic (exact) mass is 432 g/mol. The molecule has 2 amide bonds. The van der Waals surface area contributed by atoms with Crippen molar-refractivity contribution in [2.24, 2.45) is 5.41 Å². The predicted octanol–water partition coefficient (Wildman–Crippen LogP) is 2.98. The molecular formula is C24H36N2O5. The van der Waals surface area contributed by atoms with Crippen molar-refractivity contribution < 1.29 is 23.8 Å². The quantitative estimate of drug-likeness (QED) is 0.716. The van der Waals surface area contributed by atoms with Crippen molar-refractivity contribution in [3.8, 4) is 5.75 Å². The molecule has 0 radical (unpaired) electrons. The normalized spacial score (nSPS) is 19.9. The van der Waals surface area contributed by atoms with Gasteiger partial charge in [0.1, 0.15) is 12.4 Å². The lowest BCUT2D eigenvalue weighted by Gasteiger charge is -2.41. The molecule has 1 fully saturated rings. The van der Waals surface area contributed by atoms with Gasteiger partial charge in [0.05, 0.1) is 31.7 Å². The Morgan fingerprint density at radius 3 is 2.55 bits per heavy atom. The van der Waals surface area contributed by atoms with Gasteiger partial charge >= 0.3 is 0 Å². The third kappa shape index (κ3) is 6.20. The fourth-order valence-electron chi connectivity index (χ4n) is 4.67. The Morgan fingerprint density at radius 1 is 1.03 bits per heavy atom. The third-order valence-corrected chi connectivity index (χ3v) is 6.56. The number of piperidine rings is 1. The maximum atomic E-state index is 13.2. The first kappa shape index (κ1) is 23.5. The summed E-state index contributed by atoms with van der Waals surface area (Å²) in [5, 5.41) is 0. The van der Waals surface area contributed by atoms with Crippen LogP contribution in [-0.2, 0) is 14.3 Å². The number of nitrogens with zero attached hydrogens (tertiary/aromatic N) is 2. The molecule has 0 spiro atoms. The van der Waals surface area contributed by atoms with E-state index in [0.29, 0.717) is 50.6 Å². The van der Waals surface area contributed by atoms with Gasteiger partial charge in [-0.15, -0.1) is 0 Å². The van der Waals surface area contributed by atoms with Crippen molar-refractivity contribution >= 4 is 11.8 Å². The molecule has 3 aliphatic rings. The smallest absolute Gasteiger partial charge is 0.257 e. The van der Waals surface area contributed by atoms with Gasteiger partial charge in [-0.3, -0.25) is 9.59 Å². The number of rotatable bonds is 5. The summed E-state index contributed by atoms with van der Waals surface area (Å²) in [6, 6.07) is 7.41. The average Bonchev–Trinajstić information content (AvgIpc) is 2.79. The maximum Gasteiger partial charge on any atom is 0.257 e. The van der Waals surface area contributed by atoms with Crippen LogP contribution in [0.5, 0.6) is 5.75 Å². The Balaban J connectivity index is 1.80. The summed E-state index contributed by atoms with van der Waals surface area (Å²) in [4.78, 5) is 29.7. The number of amides is 2. The highest BCUT2D eigenvalue weighted by molar-refractivity contribution is 5.97. The van der Waals surface area contributed by atoms with E-state index in [1.807, 2.05) is 34.1 Å². The molecule has 0 aliphatic carbocycles. The van der Waals surface area contributed by atoms with Gasteiger partial charge in [0.15, 0.2) is 0 Å². The summed E-state index contributed by atoms with van der Waals surface area (Å²) >= 11 is 0. The summed E-state index contributed by atoms with van der Waals surface area (Å²) in [6.45, 7) is 4.16. The minimum atomic E-state index is 0.0181. The highest BCUT2D eigenvalue weighted by atomic mass is 16.5. The van der Waals surface area contributed by atoms with Gasteiger partial charge in [-0.25, -0.2) is 0 Å². The van der Waals surface area contributed by atoms with Crippen LogP contribution in [0.2, 0.25) is 0 Å². The number of para-hydroxylation sites is 1. The number of fused-ring (bicyclic) bond motifs is 9. The topological polar surface area (TPSA) is 68.3 Å². The van der Waals surface area contributed by atoms with E-state index >= 15 is 0 Å². The van der Waals surface area contributed by atoms with Crippen LogP contribution < -0.4 is 4.74 Å². The second kappa shape index (κ2) is 11.5. The van der Waals surface area contributed by atoms with Gasteiger partial charge in [-0.1, -0.05) is 18.6 Å². The molecule has 7 nitrogen and oxygen atoms in total. The fourth-order valence-corrected chi connectivity index (χ4v) is 4.67. The summed E-state index contributed by atoms with van der Waals surface area (Å²) in [5.74, 6) is 0.683. The zero-order chi connectivity index (χ0) is 22.1. The van der Waals surface area contributed by atoms with Crippen molar-refractivity contribution in [1.82, 2.24) is 9.80 Å². The lowest BCUT2D eigenvalue weighted by Crippen LogP contribution is -2.45. The Labute approximate surface area is 185 Å². The van der Waals surface area contributed by atoms with Crippen molar-refractivity contribution in [2.75, 3.05) is 60.2 Å². The van der Waals surface area contributed by atoms with E-state index < -0.39 is 0 Å². The molecule has 1 saturated heterocycles. The summed E-state index contributed by atoms with van der Waals surface area (Å²) in [5.41, 5.74) is 0.695. The van der Waals surface area contributed by atoms with Crippen molar-refractivity contribution in [3.05, 3.63) is 29.8 Å². The highest BCUT2D eigenvalue weighted by Gasteiger charge is 2.36. The Morgan fingerprint density at radius 2 is 1.81 bits per heavy atom. The molecule has 31 heavy (non-hydrogen) atoms. The van der Waals surface area contributed by atoms with Gasteiger partial charge in [-0.2, -0.15) is 0 Å². The lowest BCUT2D eigenvalue weighted by atomic mass is 9.75. The Hall–Kier alpha value is -2.12. The van der Waals surface area contributed by atoms with Crippen LogP contribution >= 0.6 is 0 Å². The molecule has 0 unspecified atom stereocenters. The number of carbonyl (C=O) groups excluding carboxylic acids is 2. The van der Waals surface area contributed by atoms with Crippen LogP contribution in [-0.4, -0.2) is 81.8 Å². The molecule has 2 bridgehead atoms. The summed E-state index contributed by atoms with van der Waals surface area (Å²) < 4.78 is 16.6. The molecule has 0 atom stereocenters. The maximum absolute atomic E-state index is 13.2. The molecule has 1 aromatic carbocycles. The van der Waals surface area contributed by atoms with Crippen LogP contribution in [0.1, 0.15) is 48.9 Å². The largest absolute Gasteiger partial charge is 0.491 e. The number of methoxy groups -OCH3 is 2. The van der Waals surface area contributed by atoms with Gasteiger partial charge in [0.2, 0.25) is 5.91 Å². The number of benzene rings is 1. The SMILES string of the molecule is COCCC(=O)N1CCCCC2(COC)CCN(CC2)C(=O)c2ccccc2OCC1. The van der Waals surface area contributed by atoms with Crippen LogP contribution in [0.25, 0.3) is 0 Å². The zero-order valence-electron chi connectivity index (χ0n) is 18.9. The first-order chi connectivity index (χ1) is 15.1. The van der Waals surface area contributed by atoms with Crippen LogP contribution in [0.3, 0.4) is 0 Å². The Bertz CT molecular complexity index is 730. The second-order valence-electron chi connectivity index (χ2n) is 8.65. The van der Waals surface area contributed by atoms with Gasteiger partial charge in [-0.05, 0) is 43.2 Å². The van der Waals surface area contributed by atoms with E-state index in [1.165, 1.54) is 0 Å². The highest BCUT2D eigenvalue weighted by Crippen LogP contribution is 2.38. The first-order valence-corrected chi connectivity index (χ1v) is 11.4. The molecule has 0 saturated carbocycles. The van der Waals surface area contributed by atoms with E-state index in [2.05, 4.69) is 0 Å². The average molecular weight is 433 g/mol. The fraction of sp³-hybridized carbons (Fsp3) is 0.667. The molecular weight excluding hydrogens is 396 g/mol. The molecule has 0 N–H and O–H groups in total. The number of carbonyl (C=O) groups is 2. The third-order valence-electron chi connectivity index (χ3n) is 6.56. The summed E-state index contributed by atoms with van der Waals surface area (Å²) in [6.07, 6.45) is 5.28. The van der Waals surface area contributed by atoms with Crippen LogP contribution in [0, 0.1) is 5.41 Å². The van der Waals surface area contributed by atoms with Gasteiger partial charge in [0.25, 0.3) is 5.91 Å². The van der Waals surface area contributed by atoms with Gasteiger partial charge in [0, 0.05) is 33.9 Å². The second-order valence-corrected chi connectivity index (χ2v) is 8.65. The van der Waals surface area contributed by atoms with E-state index in [1.54, 1.807) is 14.2 Å². The van der Waals surface area contributed by atoms with E-state index in [0.717, 1.165) is 45.2 Å².